The van der Waals surface area contributed by atoms with Crippen molar-refractivity contribution in [3.8, 4) is 0 Å². The highest BCUT2D eigenvalue weighted by Gasteiger charge is 2.40. The first-order valence-corrected chi connectivity index (χ1v) is 10.1. The molecule has 2 amide bonds. The summed E-state index contributed by atoms with van der Waals surface area (Å²) in [5, 5.41) is 1.29. The van der Waals surface area contributed by atoms with Crippen LogP contribution in [0.3, 0.4) is 0 Å². The summed E-state index contributed by atoms with van der Waals surface area (Å²) in [6.07, 6.45) is 4.39. The summed E-state index contributed by atoms with van der Waals surface area (Å²) in [5.41, 5.74) is 1.24. The van der Waals surface area contributed by atoms with Crippen LogP contribution in [-0.4, -0.2) is 59.0 Å². The molecule has 8 heteroatoms. The summed E-state index contributed by atoms with van der Waals surface area (Å²) in [6.45, 7) is 2.45. The molecule has 0 radical (unpaired) electrons. The number of hydrogen-bond donors (Lipinski definition) is 0. The van der Waals surface area contributed by atoms with Crippen LogP contribution in [0.25, 0.3) is 0 Å². The SMILES string of the molecule is O=C1N=C(SCC(=O)N2CCOCC2)N=C2SC3=C(CCCC3)C12. The number of hydrogen-bond acceptors (Lipinski definition) is 6. The van der Waals surface area contributed by atoms with Gasteiger partial charge in [0.1, 0.15) is 5.92 Å². The Balaban J connectivity index is 1.39. The summed E-state index contributed by atoms with van der Waals surface area (Å²) < 4.78 is 5.25. The molecule has 128 valence electrons. The highest BCUT2D eigenvalue weighted by atomic mass is 32.2. The lowest BCUT2D eigenvalue weighted by atomic mass is 9.89. The average Bonchev–Trinajstić information content (AvgIpc) is 2.99. The number of ether oxygens (including phenoxy) is 1. The van der Waals surface area contributed by atoms with Crippen LogP contribution in [0.5, 0.6) is 0 Å². The van der Waals surface area contributed by atoms with Crippen LogP contribution >= 0.6 is 23.5 Å². The van der Waals surface area contributed by atoms with Crippen LogP contribution in [0.1, 0.15) is 25.7 Å². The second-order valence-corrected chi connectivity index (χ2v) is 8.21. The molecular formula is C16H19N3O3S2. The van der Waals surface area contributed by atoms with E-state index in [1.54, 1.807) is 16.7 Å². The van der Waals surface area contributed by atoms with Crippen molar-refractivity contribution < 1.29 is 14.3 Å². The number of fused-ring (bicyclic) bond motifs is 2. The Morgan fingerprint density at radius 3 is 2.88 bits per heavy atom. The standard InChI is InChI=1S/C16H19N3O3S2/c20-12(19-5-7-22-8-6-19)9-23-16-17-14(21)13-10-3-1-2-4-11(10)24-15(13)18-16/h13H,1-9H2. The normalized spacial score (nSPS) is 26.8. The average molecular weight is 365 g/mol. The number of thioether (sulfide) groups is 2. The smallest absolute Gasteiger partial charge is 0.262 e. The first-order valence-electron chi connectivity index (χ1n) is 8.31. The van der Waals surface area contributed by atoms with E-state index in [-0.39, 0.29) is 23.5 Å². The van der Waals surface area contributed by atoms with Crippen molar-refractivity contribution in [2.75, 3.05) is 32.1 Å². The molecule has 1 fully saturated rings. The largest absolute Gasteiger partial charge is 0.378 e. The van der Waals surface area contributed by atoms with E-state index in [1.807, 2.05) is 0 Å². The van der Waals surface area contributed by atoms with E-state index >= 15 is 0 Å². The van der Waals surface area contributed by atoms with Crippen LogP contribution in [0, 0.1) is 5.92 Å². The number of morpholine rings is 1. The third-order valence-electron chi connectivity index (χ3n) is 4.63. The highest BCUT2D eigenvalue weighted by molar-refractivity contribution is 8.18. The third kappa shape index (κ3) is 3.19. The minimum Gasteiger partial charge on any atom is -0.378 e. The van der Waals surface area contributed by atoms with Crippen molar-refractivity contribution >= 4 is 45.5 Å². The number of carbonyl (C=O) groups excluding carboxylic acids is 2. The second kappa shape index (κ2) is 7.01. The Labute approximate surface area is 149 Å². The fourth-order valence-electron chi connectivity index (χ4n) is 3.37. The Hall–Kier alpha value is -1.12. The molecule has 3 aliphatic heterocycles. The van der Waals surface area contributed by atoms with Gasteiger partial charge in [-0.1, -0.05) is 23.5 Å². The van der Waals surface area contributed by atoms with Crippen LogP contribution in [0.15, 0.2) is 20.5 Å². The molecular weight excluding hydrogens is 346 g/mol. The molecule has 1 aliphatic carbocycles. The molecule has 4 rings (SSSR count). The summed E-state index contributed by atoms with van der Waals surface area (Å²) in [5.74, 6) is -0.0201. The zero-order valence-corrected chi connectivity index (χ0v) is 15.0. The molecule has 0 aromatic rings. The topological polar surface area (TPSA) is 71.3 Å². The van der Waals surface area contributed by atoms with Gasteiger partial charge in [-0.3, -0.25) is 9.59 Å². The lowest BCUT2D eigenvalue weighted by Gasteiger charge is -2.26. The van der Waals surface area contributed by atoms with E-state index < -0.39 is 0 Å². The van der Waals surface area contributed by atoms with E-state index in [0.717, 1.165) is 24.3 Å². The molecule has 1 unspecified atom stereocenters. The molecule has 1 atom stereocenters. The number of aliphatic imine (C=N–C) groups is 2. The van der Waals surface area contributed by atoms with Crippen molar-refractivity contribution in [2.45, 2.75) is 25.7 Å². The van der Waals surface area contributed by atoms with Gasteiger partial charge in [0.15, 0.2) is 5.17 Å². The quantitative estimate of drug-likeness (QED) is 0.749. The maximum absolute atomic E-state index is 12.4. The van der Waals surface area contributed by atoms with Crippen molar-refractivity contribution in [2.24, 2.45) is 15.9 Å². The van der Waals surface area contributed by atoms with Gasteiger partial charge in [-0.15, -0.1) is 0 Å². The first kappa shape index (κ1) is 16.4. The van der Waals surface area contributed by atoms with E-state index in [4.69, 9.17) is 4.74 Å². The fraction of sp³-hybridized carbons (Fsp3) is 0.625. The molecule has 0 saturated carbocycles. The van der Waals surface area contributed by atoms with Crippen molar-refractivity contribution in [1.29, 1.82) is 0 Å². The van der Waals surface area contributed by atoms with Gasteiger partial charge in [0.05, 0.1) is 24.0 Å². The summed E-state index contributed by atoms with van der Waals surface area (Å²) in [4.78, 5) is 36.5. The third-order valence-corrected chi connectivity index (χ3v) is 6.71. The minimum atomic E-state index is -0.232. The monoisotopic (exact) mass is 365 g/mol. The van der Waals surface area contributed by atoms with Crippen molar-refractivity contribution in [1.82, 2.24) is 4.90 Å². The molecule has 0 spiro atoms. The molecule has 0 aromatic carbocycles. The number of rotatable bonds is 2. The van der Waals surface area contributed by atoms with Crippen LogP contribution < -0.4 is 0 Å². The maximum atomic E-state index is 12.4. The van der Waals surface area contributed by atoms with E-state index in [2.05, 4.69) is 9.98 Å². The highest BCUT2D eigenvalue weighted by Crippen LogP contribution is 2.47. The number of carbonyl (C=O) groups is 2. The van der Waals surface area contributed by atoms with E-state index in [9.17, 15) is 9.59 Å². The predicted octanol–water partition coefficient (Wildman–Crippen LogP) is 2.06. The van der Waals surface area contributed by atoms with Gasteiger partial charge in [-0.25, -0.2) is 4.99 Å². The van der Waals surface area contributed by atoms with Gasteiger partial charge in [0.25, 0.3) is 5.91 Å². The van der Waals surface area contributed by atoms with Gasteiger partial charge < -0.3 is 9.64 Å². The van der Waals surface area contributed by atoms with Gasteiger partial charge in [0.2, 0.25) is 5.91 Å². The zero-order chi connectivity index (χ0) is 16.5. The lowest BCUT2D eigenvalue weighted by Crippen LogP contribution is -2.41. The van der Waals surface area contributed by atoms with Crippen molar-refractivity contribution in [3.63, 3.8) is 0 Å². The van der Waals surface area contributed by atoms with Crippen molar-refractivity contribution in [3.05, 3.63) is 10.5 Å². The Morgan fingerprint density at radius 1 is 1.25 bits per heavy atom. The molecule has 1 saturated heterocycles. The van der Waals surface area contributed by atoms with Gasteiger partial charge in [-0.2, -0.15) is 4.99 Å². The van der Waals surface area contributed by atoms with Gasteiger partial charge in [0, 0.05) is 13.1 Å². The van der Waals surface area contributed by atoms with E-state index in [0.29, 0.717) is 31.5 Å². The maximum Gasteiger partial charge on any atom is 0.262 e. The number of nitrogens with zero attached hydrogens (tertiary/aromatic N) is 3. The lowest BCUT2D eigenvalue weighted by molar-refractivity contribution is -0.132. The van der Waals surface area contributed by atoms with Gasteiger partial charge in [-0.05, 0) is 36.2 Å². The van der Waals surface area contributed by atoms with Crippen LogP contribution in [-0.2, 0) is 14.3 Å². The number of amides is 2. The van der Waals surface area contributed by atoms with E-state index in [1.165, 1.54) is 28.7 Å². The second-order valence-electron chi connectivity index (χ2n) is 6.16. The number of amidine groups is 1. The van der Waals surface area contributed by atoms with Gasteiger partial charge >= 0.3 is 0 Å². The Bertz CT molecular complexity index is 665. The molecule has 0 aromatic heterocycles. The molecule has 0 N–H and O–H groups in total. The fourth-order valence-corrected chi connectivity index (χ4v) is 5.53. The zero-order valence-electron chi connectivity index (χ0n) is 13.3. The Kier molecular flexibility index (Phi) is 4.78. The summed E-state index contributed by atoms with van der Waals surface area (Å²) in [7, 11) is 0. The molecule has 3 heterocycles. The summed E-state index contributed by atoms with van der Waals surface area (Å²) >= 11 is 2.91. The molecule has 0 bridgehead atoms. The first-order chi connectivity index (χ1) is 11.7. The molecule has 24 heavy (non-hydrogen) atoms. The molecule has 4 aliphatic rings. The van der Waals surface area contributed by atoms with Crippen LogP contribution in [0.2, 0.25) is 0 Å². The predicted molar refractivity (Wildman–Crippen MR) is 96.3 cm³/mol. The number of allylic oxidation sites excluding steroid dienone is 1. The minimum absolute atomic E-state index is 0.0530. The summed E-state index contributed by atoms with van der Waals surface area (Å²) in [6, 6.07) is 0. The van der Waals surface area contributed by atoms with Crippen LogP contribution in [0.4, 0.5) is 0 Å². The molecule has 6 nitrogen and oxygen atoms in total. The Morgan fingerprint density at radius 2 is 2.04 bits per heavy atom.